The summed E-state index contributed by atoms with van der Waals surface area (Å²) in [7, 11) is 1.88. The number of rotatable bonds is 4. The van der Waals surface area contributed by atoms with Crippen molar-refractivity contribution in [1.82, 2.24) is 20.4 Å². The Morgan fingerprint density at radius 2 is 2.16 bits per heavy atom. The minimum absolute atomic E-state index is 0.0628. The number of aryl methyl sites for hydroxylation is 1. The molecule has 2 N–H and O–H groups in total. The Balaban J connectivity index is 1.46. The average Bonchev–Trinajstić information content (AvgIpc) is 3.07. The molecule has 1 saturated heterocycles. The lowest BCUT2D eigenvalue weighted by atomic mass is 9.93. The monoisotopic (exact) mass is 342 g/mol. The summed E-state index contributed by atoms with van der Waals surface area (Å²) in [5.41, 5.74) is 2.15. The molecule has 0 spiro atoms. The predicted octanol–water partition coefficient (Wildman–Crippen LogP) is 1.30. The fourth-order valence-corrected chi connectivity index (χ4v) is 3.38. The number of aromatic nitrogens is 2. The highest BCUT2D eigenvalue weighted by Crippen LogP contribution is 2.31. The van der Waals surface area contributed by atoms with E-state index in [1.54, 1.807) is 4.68 Å². The fraction of sp³-hybridized carbons (Fsp3) is 0.444. The molecule has 7 nitrogen and oxygen atoms in total. The van der Waals surface area contributed by atoms with Gasteiger partial charge in [-0.3, -0.25) is 9.48 Å². The van der Waals surface area contributed by atoms with Crippen LogP contribution in [0.3, 0.4) is 0 Å². The van der Waals surface area contributed by atoms with E-state index in [4.69, 9.17) is 9.47 Å². The molecule has 0 radical (unpaired) electrons. The van der Waals surface area contributed by atoms with Gasteiger partial charge in [0.1, 0.15) is 13.2 Å². The second kappa shape index (κ2) is 6.76. The van der Waals surface area contributed by atoms with Crippen molar-refractivity contribution in [3.05, 3.63) is 41.7 Å². The van der Waals surface area contributed by atoms with Gasteiger partial charge < -0.3 is 20.1 Å². The molecular formula is C18H22N4O3. The number of nitrogens with zero attached hydrogens (tertiary/aromatic N) is 2. The van der Waals surface area contributed by atoms with Crippen LogP contribution in [0.15, 0.2) is 30.6 Å². The Labute approximate surface area is 146 Å². The number of carbonyl (C=O) groups excluding carboxylic acids is 1. The van der Waals surface area contributed by atoms with E-state index in [0.29, 0.717) is 26.2 Å². The summed E-state index contributed by atoms with van der Waals surface area (Å²) in [4.78, 5) is 11.8. The number of nitrogens with one attached hydrogen (secondary N) is 2. The van der Waals surface area contributed by atoms with E-state index in [0.717, 1.165) is 29.0 Å². The molecule has 25 heavy (non-hydrogen) atoms. The summed E-state index contributed by atoms with van der Waals surface area (Å²) in [5.74, 6) is 1.69. The third kappa shape index (κ3) is 3.46. The molecule has 2 atom stereocenters. The molecular weight excluding hydrogens is 320 g/mol. The van der Waals surface area contributed by atoms with Crippen LogP contribution in [0.25, 0.3) is 0 Å². The number of ether oxygens (including phenoxy) is 2. The van der Waals surface area contributed by atoms with Gasteiger partial charge in [-0.2, -0.15) is 5.10 Å². The van der Waals surface area contributed by atoms with Crippen molar-refractivity contribution in [3.63, 3.8) is 0 Å². The molecule has 0 saturated carbocycles. The summed E-state index contributed by atoms with van der Waals surface area (Å²) in [5, 5.41) is 10.9. The molecule has 0 unspecified atom stereocenters. The highest BCUT2D eigenvalue weighted by molar-refractivity contribution is 5.77. The van der Waals surface area contributed by atoms with Gasteiger partial charge in [0.15, 0.2) is 11.5 Å². The lowest BCUT2D eigenvalue weighted by Crippen LogP contribution is -2.48. The van der Waals surface area contributed by atoms with Gasteiger partial charge in [0, 0.05) is 37.8 Å². The van der Waals surface area contributed by atoms with E-state index >= 15 is 0 Å². The van der Waals surface area contributed by atoms with Crippen LogP contribution in [-0.4, -0.2) is 34.9 Å². The summed E-state index contributed by atoms with van der Waals surface area (Å²) >= 11 is 0. The first-order valence-electron chi connectivity index (χ1n) is 8.59. The Kier molecular flexibility index (Phi) is 4.31. The minimum atomic E-state index is -0.0628. The molecule has 1 aromatic heterocycles. The predicted molar refractivity (Wildman–Crippen MR) is 91.4 cm³/mol. The molecule has 3 heterocycles. The van der Waals surface area contributed by atoms with Crippen molar-refractivity contribution in [3.8, 4) is 11.5 Å². The van der Waals surface area contributed by atoms with Crippen LogP contribution < -0.4 is 20.1 Å². The van der Waals surface area contributed by atoms with Crippen molar-refractivity contribution < 1.29 is 14.3 Å². The number of amides is 1. The smallest absolute Gasteiger partial charge is 0.220 e. The second-order valence-corrected chi connectivity index (χ2v) is 6.50. The molecule has 0 aliphatic carbocycles. The zero-order chi connectivity index (χ0) is 17.2. The molecule has 2 aliphatic heterocycles. The van der Waals surface area contributed by atoms with E-state index in [9.17, 15) is 4.79 Å². The zero-order valence-electron chi connectivity index (χ0n) is 14.2. The average molecular weight is 342 g/mol. The molecule has 0 bridgehead atoms. The standard InChI is InChI=1S/C18H22N4O3/c1-22-11-13(10-20-22)18-14(3-5-17(23)21-18)19-9-12-2-4-15-16(8-12)25-7-6-24-15/h2,4,8,10-11,14,18-19H,3,5-7,9H2,1H3,(H,21,23)/t14-,18+/m1/s1. The Hall–Kier alpha value is -2.54. The van der Waals surface area contributed by atoms with Gasteiger partial charge in [-0.05, 0) is 24.1 Å². The maximum Gasteiger partial charge on any atom is 0.220 e. The van der Waals surface area contributed by atoms with Crippen molar-refractivity contribution in [2.45, 2.75) is 31.5 Å². The number of piperidine rings is 1. The molecule has 132 valence electrons. The van der Waals surface area contributed by atoms with Crippen LogP contribution in [0.1, 0.15) is 30.0 Å². The maximum atomic E-state index is 11.8. The van der Waals surface area contributed by atoms with Crippen LogP contribution in [-0.2, 0) is 18.4 Å². The number of carbonyl (C=O) groups is 1. The van der Waals surface area contributed by atoms with Gasteiger partial charge in [0.2, 0.25) is 5.91 Å². The van der Waals surface area contributed by atoms with E-state index in [1.165, 1.54) is 0 Å². The zero-order valence-corrected chi connectivity index (χ0v) is 14.2. The summed E-state index contributed by atoms with van der Waals surface area (Å²) in [6.07, 6.45) is 5.11. The summed E-state index contributed by atoms with van der Waals surface area (Å²) < 4.78 is 13.0. The first kappa shape index (κ1) is 16.0. The lowest BCUT2D eigenvalue weighted by molar-refractivity contribution is -0.123. The van der Waals surface area contributed by atoms with E-state index < -0.39 is 0 Å². The summed E-state index contributed by atoms with van der Waals surface area (Å²) in [6, 6.07) is 6.11. The van der Waals surface area contributed by atoms with E-state index in [2.05, 4.69) is 15.7 Å². The molecule has 2 aliphatic rings. The number of hydrogen-bond donors (Lipinski definition) is 2. The van der Waals surface area contributed by atoms with Gasteiger partial charge in [-0.25, -0.2) is 0 Å². The number of benzene rings is 1. The SMILES string of the molecule is Cn1cc([C@@H]2NC(=O)CC[C@H]2NCc2ccc3c(c2)OCCO3)cn1. The van der Waals surface area contributed by atoms with Crippen molar-refractivity contribution in [2.75, 3.05) is 13.2 Å². The fourth-order valence-electron chi connectivity index (χ4n) is 3.38. The minimum Gasteiger partial charge on any atom is -0.486 e. The molecule has 2 aromatic rings. The largest absolute Gasteiger partial charge is 0.486 e. The second-order valence-electron chi connectivity index (χ2n) is 6.50. The molecule has 7 heteroatoms. The van der Waals surface area contributed by atoms with Crippen molar-refractivity contribution in [2.24, 2.45) is 7.05 Å². The number of hydrogen-bond acceptors (Lipinski definition) is 5. The Bertz CT molecular complexity index is 773. The van der Waals surface area contributed by atoms with Crippen molar-refractivity contribution >= 4 is 5.91 Å². The first-order valence-corrected chi connectivity index (χ1v) is 8.59. The van der Waals surface area contributed by atoms with Crippen LogP contribution in [0.2, 0.25) is 0 Å². The third-order valence-corrected chi connectivity index (χ3v) is 4.66. The highest BCUT2D eigenvalue weighted by Gasteiger charge is 2.30. The molecule has 4 rings (SSSR count). The normalized spacial score (nSPS) is 22.5. The van der Waals surface area contributed by atoms with Crippen LogP contribution in [0, 0.1) is 0 Å². The van der Waals surface area contributed by atoms with Crippen LogP contribution >= 0.6 is 0 Å². The van der Waals surface area contributed by atoms with Gasteiger partial charge in [-0.15, -0.1) is 0 Å². The lowest BCUT2D eigenvalue weighted by Gasteiger charge is -2.32. The molecule has 1 aromatic carbocycles. The van der Waals surface area contributed by atoms with Gasteiger partial charge in [0.25, 0.3) is 0 Å². The Morgan fingerprint density at radius 1 is 1.32 bits per heavy atom. The number of fused-ring (bicyclic) bond motifs is 1. The topological polar surface area (TPSA) is 77.4 Å². The molecule has 1 fully saturated rings. The van der Waals surface area contributed by atoms with Gasteiger partial charge >= 0.3 is 0 Å². The first-order chi connectivity index (χ1) is 12.2. The van der Waals surface area contributed by atoms with E-state index in [1.807, 2.05) is 37.6 Å². The van der Waals surface area contributed by atoms with E-state index in [-0.39, 0.29) is 18.0 Å². The maximum absolute atomic E-state index is 11.8. The van der Waals surface area contributed by atoms with Crippen molar-refractivity contribution in [1.29, 1.82) is 0 Å². The van der Waals surface area contributed by atoms with Crippen LogP contribution in [0.5, 0.6) is 11.5 Å². The van der Waals surface area contributed by atoms with Crippen LogP contribution in [0.4, 0.5) is 0 Å². The Morgan fingerprint density at radius 3 is 2.96 bits per heavy atom. The summed E-state index contributed by atoms with van der Waals surface area (Å²) in [6.45, 7) is 1.88. The van der Waals surface area contributed by atoms with Gasteiger partial charge in [-0.1, -0.05) is 6.07 Å². The van der Waals surface area contributed by atoms with Gasteiger partial charge in [0.05, 0.1) is 12.2 Å². The highest BCUT2D eigenvalue weighted by atomic mass is 16.6. The third-order valence-electron chi connectivity index (χ3n) is 4.66. The molecule has 1 amide bonds. The quantitative estimate of drug-likeness (QED) is 0.876.